The Morgan fingerprint density at radius 2 is 1.88 bits per heavy atom. The fourth-order valence-corrected chi connectivity index (χ4v) is 1.84. The zero-order valence-corrected chi connectivity index (χ0v) is 11.5. The Balaban J connectivity index is 3.70. The zero-order chi connectivity index (χ0) is 12.6. The van der Waals surface area contributed by atoms with E-state index in [2.05, 4.69) is 25.7 Å². The van der Waals surface area contributed by atoms with E-state index in [1.165, 1.54) is 19.4 Å². The molecule has 0 amide bonds. The molecule has 0 spiro atoms. The van der Waals surface area contributed by atoms with Crippen molar-refractivity contribution >= 4 is 0 Å². The predicted molar refractivity (Wildman–Crippen MR) is 70.5 cm³/mol. The molecule has 0 fully saturated rings. The van der Waals surface area contributed by atoms with Gasteiger partial charge in [-0.1, -0.05) is 13.3 Å². The summed E-state index contributed by atoms with van der Waals surface area (Å²) < 4.78 is 0. The molecule has 3 N–H and O–H groups in total. The summed E-state index contributed by atoms with van der Waals surface area (Å²) in [5, 5.41) is 9.04. The van der Waals surface area contributed by atoms with Crippen molar-refractivity contribution < 1.29 is 5.11 Å². The molecule has 0 aromatic heterocycles. The number of nitrogens with two attached hydrogens (primary N) is 1. The third-order valence-electron chi connectivity index (χ3n) is 3.05. The van der Waals surface area contributed by atoms with Crippen LogP contribution in [0, 0.1) is 0 Å². The molecular formula is C13H30N2O. The summed E-state index contributed by atoms with van der Waals surface area (Å²) in [5.41, 5.74) is 5.49. The van der Waals surface area contributed by atoms with Crippen molar-refractivity contribution in [1.29, 1.82) is 0 Å². The number of rotatable bonds is 9. The number of unbranched alkanes of at least 4 members (excludes halogenated alkanes) is 1. The molecule has 1 unspecified atom stereocenters. The molecule has 0 heterocycles. The molecule has 0 radical (unpaired) electrons. The summed E-state index contributed by atoms with van der Waals surface area (Å²) >= 11 is 0. The molecule has 0 aromatic rings. The minimum Gasteiger partial charge on any atom is -0.394 e. The van der Waals surface area contributed by atoms with Gasteiger partial charge >= 0.3 is 0 Å². The average molecular weight is 230 g/mol. The van der Waals surface area contributed by atoms with Crippen molar-refractivity contribution in [1.82, 2.24) is 4.90 Å². The predicted octanol–water partition coefficient (Wildman–Crippen LogP) is 1.99. The van der Waals surface area contributed by atoms with Gasteiger partial charge in [-0.25, -0.2) is 0 Å². The third kappa shape index (κ3) is 7.20. The van der Waals surface area contributed by atoms with Crippen LogP contribution in [0.25, 0.3) is 0 Å². The van der Waals surface area contributed by atoms with E-state index in [1.54, 1.807) is 0 Å². The maximum atomic E-state index is 9.04. The summed E-state index contributed by atoms with van der Waals surface area (Å²) in [6, 6.07) is 0.627. The maximum absolute atomic E-state index is 9.04. The molecule has 0 aromatic carbocycles. The number of aliphatic hydroxyl groups is 1. The first-order valence-corrected chi connectivity index (χ1v) is 6.56. The van der Waals surface area contributed by atoms with Crippen LogP contribution in [0.5, 0.6) is 0 Å². The monoisotopic (exact) mass is 230 g/mol. The highest BCUT2D eigenvalue weighted by Gasteiger charge is 2.16. The lowest BCUT2D eigenvalue weighted by Gasteiger charge is -2.27. The molecule has 0 saturated carbocycles. The van der Waals surface area contributed by atoms with Gasteiger partial charge in [-0.15, -0.1) is 0 Å². The smallest absolute Gasteiger partial charge is 0.0608 e. The summed E-state index contributed by atoms with van der Waals surface area (Å²) in [5.74, 6) is 0. The number of hydrogen-bond acceptors (Lipinski definition) is 3. The van der Waals surface area contributed by atoms with E-state index in [0.717, 1.165) is 19.4 Å². The number of aliphatic hydroxyl groups excluding tert-OH is 1. The molecule has 3 nitrogen and oxygen atoms in total. The maximum Gasteiger partial charge on any atom is 0.0608 e. The van der Waals surface area contributed by atoms with Crippen LogP contribution in [0.4, 0.5) is 0 Å². The van der Waals surface area contributed by atoms with Crippen LogP contribution in [-0.4, -0.2) is 41.3 Å². The second-order valence-corrected chi connectivity index (χ2v) is 5.40. The average Bonchev–Trinajstić information content (AvgIpc) is 2.22. The number of nitrogens with zero attached hydrogens (tertiary/aromatic N) is 1. The van der Waals surface area contributed by atoms with Crippen molar-refractivity contribution in [3.8, 4) is 0 Å². The first-order valence-electron chi connectivity index (χ1n) is 6.56. The van der Waals surface area contributed by atoms with Gasteiger partial charge in [0.15, 0.2) is 0 Å². The fourth-order valence-electron chi connectivity index (χ4n) is 1.84. The summed E-state index contributed by atoms with van der Waals surface area (Å²) in [7, 11) is 0. The van der Waals surface area contributed by atoms with Crippen LogP contribution in [0.2, 0.25) is 0 Å². The van der Waals surface area contributed by atoms with Crippen molar-refractivity contribution in [3.63, 3.8) is 0 Å². The van der Waals surface area contributed by atoms with Crippen LogP contribution >= 0.6 is 0 Å². The third-order valence-corrected chi connectivity index (χ3v) is 3.05. The molecule has 0 aliphatic rings. The lowest BCUT2D eigenvalue weighted by atomic mass is 9.97. The second kappa shape index (κ2) is 8.04. The molecule has 16 heavy (non-hydrogen) atoms. The van der Waals surface area contributed by atoms with E-state index in [4.69, 9.17) is 10.8 Å². The first kappa shape index (κ1) is 15.9. The highest BCUT2D eigenvalue weighted by atomic mass is 16.3. The van der Waals surface area contributed by atoms with E-state index >= 15 is 0 Å². The van der Waals surface area contributed by atoms with Crippen LogP contribution in [0.3, 0.4) is 0 Å². The normalized spacial score (nSPS) is 15.8. The minimum absolute atomic E-state index is 0.0792. The molecule has 1 atom stereocenters. The molecule has 0 aliphatic carbocycles. The van der Waals surface area contributed by atoms with Gasteiger partial charge < -0.3 is 15.7 Å². The minimum atomic E-state index is -0.395. The zero-order valence-electron chi connectivity index (χ0n) is 11.5. The van der Waals surface area contributed by atoms with Gasteiger partial charge in [-0.3, -0.25) is 0 Å². The summed E-state index contributed by atoms with van der Waals surface area (Å²) in [4.78, 5) is 2.51. The van der Waals surface area contributed by atoms with Crippen molar-refractivity contribution in [2.75, 3.05) is 19.7 Å². The van der Waals surface area contributed by atoms with Crippen LogP contribution < -0.4 is 5.73 Å². The second-order valence-electron chi connectivity index (χ2n) is 5.40. The van der Waals surface area contributed by atoms with Crippen LogP contribution in [0.15, 0.2) is 0 Å². The number of hydrogen-bond donors (Lipinski definition) is 2. The molecule has 0 rings (SSSR count). The molecule has 0 saturated heterocycles. The highest BCUT2D eigenvalue weighted by Crippen LogP contribution is 2.11. The van der Waals surface area contributed by atoms with Gasteiger partial charge in [0.05, 0.1) is 6.61 Å². The standard InChI is InChI=1S/C13H30N2O/c1-5-9-15(12(2)3)10-7-6-8-13(4,14)11-16/h12,16H,5-11,14H2,1-4H3. The SMILES string of the molecule is CCCN(CCCCC(C)(N)CO)C(C)C. The van der Waals surface area contributed by atoms with E-state index in [9.17, 15) is 0 Å². The van der Waals surface area contributed by atoms with Gasteiger partial charge in [0.25, 0.3) is 0 Å². The molecule has 3 heteroatoms. The van der Waals surface area contributed by atoms with Gasteiger partial charge in [-0.2, -0.15) is 0 Å². The van der Waals surface area contributed by atoms with Gasteiger partial charge in [0.2, 0.25) is 0 Å². The lowest BCUT2D eigenvalue weighted by Crippen LogP contribution is -2.40. The Labute approximate surface area is 101 Å². The Morgan fingerprint density at radius 1 is 1.25 bits per heavy atom. The Hall–Kier alpha value is -0.120. The van der Waals surface area contributed by atoms with Crippen LogP contribution in [0.1, 0.15) is 53.4 Å². The van der Waals surface area contributed by atoms with Gasteiger partial charge in [0, 0.05) is 11.6 Å². The van der Waals surface area contributed by atoms with Crippen molar-refractivity contribution in [2.24, 2.45) is 5.73 Å². The van der Waals surface area contributed by atoms with E-state index < -0.39 is 5.54 Å². The lowest BCUT2D eigenvalue weighted by molar-refractivity contribution is 0.187. The molecule has 98 valence electrons. The summed E-state index contributed by atoms with van der Waals surface area (Å²) in [6.07, 6.45) is 4.39. The molecule has 0 aliphatic heterocycles. The van der Waals surface area contributed by atoms with Gasteiger partial charge in [0.1, 0.15) is 0 Å². The van der Waals surface area contributed by atoms with E-state index in [0.29, 0.717) is 6.04 Å². The van der Waals surface area contributed by atoms with Crippen molar-refractivity contribution in [2.45, 2.75) is 65.0 Å². The van der Waals surface area contributed by atoms with E-state index in [1.807, 2.05) is 6.92 Å². The van der Waals surface area contributed by atoms with Gasteiger partial charge in [-0.05, 0) is 53.1 Å². The topological polar surface area (TPSA) is 49.5 Å². The fraction of sp³-hybridized carbons (Fsp3) is 1.00. The largest absolute Gasteiger partial charge is 0.394 e. The van der Waals surface area contributed by atoms with Crippen LogP contribution in [-0.2, 0) is 0 Å². The Morgan fingerprint density at radius 3 is 2.31 bits per heavy atom. The highest BCUT2D eigenvalue weighted by molar-refractivity contribution is 4.77. The summed E-state index contributed by atoms with van der Waals surface area (Å²) in [6.45, 7) is 11.0. The first-order chi connectivity index (χ1) is 7.43. The Bertz CT molecular complexity index is 169. The van der Waals surface area contributed by atoms with Crippen molar-refractivity contribution in [3.05, 3.63) is 0 Å². The molecular weight excluding hydrogens is 200 g/mol. The molecule has 0 bridgehead atoms. The van der Waals surface area contributed by atoms with E-state index in [-0.39, 0.29) is 6.61 Å². The quantitative estimate of drug-likeness (QED) is 0.596. The Kier molecular flexibility index (Phi) is 7.98.